The Bertz CT molecular complexity index is 823. The van der Waals surface area contributed by atoms with E-state index < -0.39 is 0 Å². The molecule has 0 radical (unpaired) electrons. The van der Waals surface area contributed by atoms with Gasteiger partial charge in [-0.1, -0.05) is 6.07 Å². The number of hydrogen-bond donors (Lipinski definition) is 1. The van der Waals surface area contributed by atoms with E-state index in [1.54, 1.807) is 0 Å². The molecule has 0 saturated carbocycles. The lowest BCUT2D eigenvalue weighted by atomic mass is 10.1. The maximum absolute atomic E-state index is 12.3. The summed E-state index contributed by atoms with van der Waals surface area (Å²) in [6.07, 6.45) is 2.65. The Balaban J connectivity index is 1.85. The van der Waals surface area contributed by atoms with Gasteiger partial charge in [0.05, 0.1) is 6.10 Å². The summed E-state index contributed by atoms with van der Waals surface area (Å²) in [6, 6.07) is 6.12. The normalized spacial score (nSPS) is 16.8. The van der Waals surface area contributed by atoms with Crippen LogP contribution in [-0.2, 0) is 10.5 Å². The number of rotatable bonds is 6. The predicted octanol–water partition coefficient (Wildman–Crippen LogP) is 5.11. The Morgan fingerprint density at radius 2 is 2.00 bits per heavy atom. The van der Waals surface area contributed by atoms with E-state index in [0.29, 0.717) is 15.4 Å². The van der Waals surface area contributed by atoms with Gasteiger partial charge in [-0.2, -0.15) is 11.8 Å². The summed E-state index contributed by atoms with van der Waals surface area (Å²) in [5.74, 6) is 3.21. The summed E-state index contributed by atoms with van der Waals surface area (Å²) < 4.78 is 12.5. The first kappa shape index (κ1) is 19.8. The maximum Gasteiger partial charge on any atom is 0.265 e. The average Bonchev–Trinajstić information content (AvgIpc) is 3.07. The van der Waals surface area contributed by atoms with E-state index in [2.05, 4.69) is 33.6 Å². The van der Waals surface area contributed by atoms with Crippen molar-refractivity contribution in [3.8, 4) is 11.5 Å². The first-order valence-corrected chi connectivity index (χ1v) is 11.0. The van der Waals surface area contributed by atoms with Crippen LogP contribution in [0.5, 0.6) is 11.5 Å². The van der Waals surface area contributed by atoms with Crippen molar-refractivity contribution >= 4 is 34.4 Å². The van der Waals surface area contributed by atoms with Crippen molar-refractivity contribution in [3.05, 3.63) is 54.5 Å². The van der Waals surface area contributed by atoms with E-state index in [-0.39, 0.29) is 5.56 Å². The molecule has 1 N–H and O–H groups in total. The van der Waals surface area contributed by atoms with Crippen LogP contribution >= 0.6 is 34.4 Å². The van der Waals surface area contributed by atoms with Crippen molar-refractivity contribution in [3.63, 3.8) is 0 Å². The SMILES string of the molecule is Cc1cc(C)cc(Oc2c(CSCC3CCCO3)c(C)[nH]c(=O)c2I)c1. The van der Waals surface area contributed by atoms with Gasteiger partial charge < -0.3 is 14.5 Å². The molecular weight excluding hydrogens is 461 g/mol. The highest BCUT2D eigenvalue weighted by Crippen LogP contribution is 2.33. The highest BCUT2D eigenvalue weighted by molar-refractivity contribution is 14.1. The van der Waals surface area contributed by atoms with Crippen molar-refractivity contribution in [2.75, 3.05) is 12.4 Å². The molecule has 1 unspecified atom stereocenters. The Labute approximate surface area is 172 Å². The molecule has 1 saturated heterocycles. The van der Waals surface area contributed by atoms with E-state index in [1.807, 2.05) is 44.7 Å². The minimum absolute atomic E-state index is 0.102. The van der Waals surface area contributed by atoms with Crippen LogP contribution in [0.25, 0.3) is 0 Å². The lowest BCUT2D eigenvalue weighted by Gasteiger charge is -2.16. The minimum Gasteiger partial charge on any atom is -0.456 e. The number of aromatic amines is 1. The van der Waals surface area contributed by atoms with Crippen molar-refractivity contribution in [2.45, 2.75) is 45.5 Å². The zero-order valence-corrected chi connectivity index (χ0v) is 18.3. The van der Waals surface area contributed by atoms with Gasteiger partial charge in [-0.3, -0.25) is 4.79 Å². The van der Waals surface area contributed by atoms with E-state index >= 15 is 0 Å². The van der Waals surface area contributed by atoms with Crippen LogP contribution in [0, 0.1) is 24.3 Å². The fourth-order valence-corrected chi connectivity index (χ4v) is 4.93. The fraction of sp³-hybridized carbons (Fsp3) is 0.450. The molecule has 140 valence electrons. The summed E-state index contributed by atoms with van der Waals surface area (Å²) in [5.41, 5.74) is 4.11. The Morgan fingerprint density at radius 3 is 2.65 bits per heavy atom. The number of ether oxygens (including phenoxy) is 2. The van der Waals surface area contributed by atoms with Crippen LogP contribution in [0.3, 0.4) is 0 Å². The number of aromatic nitrogens is 1. The molecule has 1 aromatic heterocycles. The van der Waals surface area contributed by atoms with Gasteiger partial charge in [-0.05, 0) is 79.5 Å². The van der Waals surface area contributed by atoms with Crippen molar-refractivity contribution in [1.82, 2.24) is 4.98 Å². The first-order chi connectivity index (χ1) is 12.4. The minimum atomic E-state index is -0.102. The predicted molar refractivity (Wildman–Crippen MR) is 116 cm³/mol. The van der Waals surface area contributed by atoms with Gasteiger partial charge in [0.2, 0.25) is 0 Å². The van der Waals surface area contributed by atoms with Gasteiger partial charge in [0, 0.05) is 29.4 Å². The lowest BCUT2D eigenvalue weighted by Crippen LogP contribution is -2.15. The smallest absolute Gasteiger partial charge is 0.265 e. The zero-order valence-electron chi connectivity index (χ0n) is 15.4. The van der Waals surface area contributed by atoms with Gasteiger partial charge in [-0.25, -0.2) is 0 Å². The molecule has 0 amide bonds. The monoisotopic (exact) mass is 485 g/mol. The molecule has 6 heteroatoms. The highest BCUT2D eigenvalue weighted by Gasteiger charge is 2.19. The van der Waals surface area contributed by atoms with Crippen LogP contribution in [0.4, 0.5) is 0 Å². The Morgan fingerprint density at radius 1 is 1.27 bits per heavy atom. The second-order valence-corrected chi connectivity index (χ2v) is 8.89. The molecule has 4 nitrogen and oxygen atoms in total. The van der Waals surface area contributed by atoms with Gasteiger partial charge in [0.1, 0.15) is 9.32 Å². The molecule has 1 fully saturated rings. The van der Waals surface area contributed by atoms with Crippen molar-refractivity contribution in [2.24, 2.45) is 0 Å². The standard InChI is InChI=1S/C20H24INO3S/c1-12-7-13(2)9-16(8-12)25-19-17(14(3)22-20(23)18(19)21)11-26-10-15-5-4-6-24-15/h7-9,15H,4-6,10-11H2,1-3H3,(H,22,23). The highest BCUT2D eigenvalue weighted by atomic mass is 127. The number of thioether (sulfide) groups is 1. The molecule has 1 aliphatic rings. The fourth-order valence-electron chi connectivity index (χ4n) is 3.16. The van der Waals surface area contributed by atoms with Crippen LogP contribution in [0.1, 0.15) is 35.2 Å². The molecule has 1 aliphatic heterocycles. The number of aryl methyl sites for hydroxylation is 3. The number of pyridine rings is 1. The molecular formula is C20H24INO3S. The number of H-pyrrole nitrogens is 1. The third kappa shape index (κ3) is 4.84. The summed E-state index contributed by atoms with van der Waals surface area (Å²) in [7, 11) is 0. The van der Waals surface area contributed by atoms with Crippen LogP contribution < -0.4 is 10.3 Å². The van der Waals surface area contributed by atoms with Crippen LogP contribution in [0.2, 0.25) is 0 Å². The lowest BCUT2D eigenvalue weighted by molar-refractivity contribution is 0.129. The number of nitrogens with one attached hydrogen (secondary N) is 1. The number of halogens is 1. The topological polar surface area (TPSA) is 51.3 Å². The largest absolute Gasteiger partial charge is 0.456 e. The van der Waals surface area contributed by atoms with Crippen molar-refractivity contribution in [1.29, 1.82) is 0 Å². The molecule has 2 heterocycles. The average molecular weight is 485 g/mol. The van der Waals surface area contributed by atoms with Gasteiger partial charge in [-0.15, -0.1) is 0 Å². The second kappa shape index (κ2) is 8.80. The number of benzene rings is 1. The van der Waals surface area contributed by atoms with Gasteiger partial charge in [0.25, 0.3) is 5.56 Å². The summed E-state index contributed by atoms with van der Waals surface area (Å²) in [6.45, 7) is 6.91. The maximum atomic E-state index is 12.3. The Hall–Kier alpha value is -0.990. The summed E-state index contributed by atoms with van der Waals surface area (Å²) >= 11 is 3.91. The Kier molecular flexibility index (Phi) is 6.69. The third-order valence-electron chi connectivity index (χ3n) is 4.42. The van der Waals surface area contributed by atoms with E-state index in [1.165, 1.54) is 0 Å². The molecule has 26 heavy (non-hydrogen) atoms. The summed E-state index contributed by atoms with van der Waals surface area (Å²) in [5, 5.41) is 0. The van der Waals surface area contributed by atoms with E-state index in [4.69, 9.17) is 9.47 Å². The molecule has 1 aromatic carbocycles. The van der Waals surface area contributed by atoms with Gasteiger partial charge in [0.15, 0.2) is 5.75 Å². The molecule has 0 aliphatic carbocycles. The molecule has 2 aromatic rings. The second-order valence-electron chi connectivity index (χ2n) is 6.78. The first-order valence-electron chi connectivity index (χ1n) is 8.81. The molecule has 0 bridgehead atoms. The summed E-state index contributed by atoms with van der Waals surface area (Å²) in [4.78, 5) is 15.2. The number of hydrogen-bond acceptors (Lipinski definition) is 4. The third-order valence-corrected chi connectivity index (χ3v) is 6.50. The molecule has 0 spiro atoms. The molecule has 3 rings (SSSR count). The zero-order chi connectivity index (χ0) is 18.7. The van der Waals surface area contributed by atoms with Crippen molar-refractivity contribution < 1.29 is 9.47 Å². The van der Waals surface area contributed by atoms with Crippen LogP contribution in [0.15, 0.2) is 23.0 Å². The van der Waals surface area contributed by atoms with Crippen LogP contribution in [-0.4, -0.2) is 23.4 Å². The molecule has 1 atom stereocenters. The quantitative estimate of drug-likeness (QED) is 0.578. The van der Waals surface area contributed by atoms with E-state index in [0.717, 1.165) is 59.1 Å². The van der Waals surface area contributed by atoms with E-state index in [9.17, 15) is 4.79 Å². The van der Waals surface area contributed by atoms with Gasteiger partial charge >= 0.3 is 0 Å².